The summed E-state index contributed by atoms with van der Waals surface area (Å²) in [6, 6.07) is 0.0544. The van der Waals surface area contributed by atoms with Crippen LogP contribution in [0.1, 0.15) is 72.1 Å². The molecule has 0 bridgehead atoms. The van der Waals surface area contributed by atoms with Crippen LogP contribution >= 0.6 is 0 Å². The summed E-state index contributed by atoms with van der Waals surface area (Å²) in [5, 5.41) is 14.4. The van der Waals surface area contributed by atoms with E-state index >= 15 is 0 Å². The van der Waals surface area contributed by atoms with E-state index in [1.165, 1.54) is 6.42 Å². The van der Waals surface area contributed by atoms with Gasteiger partial charge in [0.05, 0.1) is 6.54 Å². The van der Waals surface area contributed by atoms with Crippen LogP contribution in [0, 0.1) is 5.41 Å². The number of piperidine rings is 1. The number of ether oxygens (including phenoxy) is 1. The predicted molar refractivity (Wildman–Crippen MR) is 107 cm³/mol. The van der Waals surface area contributed by atoms with Gasteiger partial charge in [0.2, 0.25) is 5.91 Å². The van der Waals surface area contributed by atoms with E-state index in [0.717, 1.165) is 38.5 Å². The summed E-state index contributed by atoms with van der Waals surface area (Å²) in [6.45, 7) is 7.59. The maximum atomic E-state index is 13.1. The molecule has 1 N–H and O–H groups in total. The zero-order chi connectivity index (χ0) is 20.9. The van der Waals surface area contributed by atoms with E-state index in [1.54, 1.807) is 11.0 Å². The summed E-state index contributed by atoms with van der Waals surface area (Å²) in [4.78, 5) is 27.0. The first-order valence-corrected chi connectivity index (χ1v) is 10.7. The van der Waals surface area contributed by atoms with Crippen molar-refractivity contribution >= 4 is 12.0 Å². The average molecular weight is 407 g/mol. The molecule has 2 fully saturated rings. The van der Waals surface area contributed by atoms with Crippen LogP contribution in [-0.2, 0) is 16.1 Å². The third kappa shape index (κ3) is 6.40. The largest absolute Gasteiger partial charge is 0.444 e. The Bertz CT molecular complexity index is 671. The van der Waals surface area contributed by atoms with E-state index < -0.39 is 5.60 Å². The molecule has 0 atom stereocenters. The lowest BCUT2D eigenvalue weighted by Crippen LogP contribution is -2.48. The van der Waals surface area contributed by atoms with Crippen molar-refractivity contribution in [1.29, 1.82) is 0 Å². The van der Waals surface area contributed by atoms with Crippen molar-refractivity contribution < 1.29 is 14.3 Å². The highest BCUT2D eigenvalue weighted by molar-refractivity contribution is 5.77. The third-order valence-corrected chi connectivity index (χ3v) is 5.90. The minimum absolute atomic E-state index is 0.0544. The van der Waals surface area contributed by atoms with Gasteiger partial charge in [-0.1, -0.05) is 19.3 Å². The van der Waals surface area contributed by atoms with Crippen molar-refractivity contribution in [2.45, 2.75) is 90.3 Å². The Morgan fingerprint density at radius 2 is 1.86 bits per heavy atom. The number of carbonyl (C=O) groups excluding carboxylic acids is 2. The fourth-order valence-corrected chi connectivity index (χ4v) is 4.47. The second kappa shape index (κ2) is 9.09. The smallest absolute Gasteiger partial charge is 0.407 e. The summed E-state index contributed by atoms with van der Waals surface area (Å²) in [6.07, 6.45) is 8.90. The number of tetrazole rings is 1. The van der Waals surface area contributed by atoms with E-state index in [0.29, 0.717) is 26.1 Å². The molecule has 0 spiro atoms. The second-order valence-electron chi connectivity index (χ2n) is 9.55. The van der Waals surface area contributed by atoms with Gasteiger partial charge in [-0.2, -0.15) is 0 Å². The number of hydrogen-bond acceptors (Lipinski definition) is 6. The Morgan fingerprint density at radius 1 is 1.17 bits per heavy atom. The molecule has 1 aromatic heterocycles. The molecule has 162 valence electrons. The maximum Gasteiger partial charge on any atom is 0.407 e. The SMILES string of the molecule is CC(C)(C)OC(=O)NC1CCN(C(=O)CC2(Cn3cnnn3)CCCCC2)CC1. The molecule has 1 saturated heterocycles. The number of aromatic nitrogens is 4. The fourth-order valence-electron chi connectivity index (χ4n) is 4.47. The summed E-state index contributed by atoms with van der Waals surface area (Å²) in [7, 11) is 0. The highest BCUT2D eigenvalue weighted by Gasteiger charge is 2.37. The molecule has 1 aliphatic carbocycles. The molecule has 0 aromatic carbocycles. The van der Waals surface area contributed by atoms with Gasteiger partial charge in [-0.25, -0.2) is 9.48 Å². The van der Waals surface area contributed by atoms with Crippen LogP contribution in [0.4, 0.5) is 4.79 Å². The van der Waals surface area contributed by atoms with Crippen molar-refractivity contribution in [1.82, 2.24) is 30.4 Å². The highest BCUT2D eigenvalue weighted by Crippen LogP contribution is 2.41. The zero-order valence-electron chi connectivity index (χ0n) is 17.9. The molecule has 2 aliphatic rings. The summed E-state index contributed by atoms with van der Waals surface area (Å²) < 4.78 is 7.09. The van der Waals surface area contributed by atoms with E-state index in [4.69, 9.17) is 4.74 Å². The molecule has 0 unspecified atom stereocenters. The molecule has 3 rings (SSSR count). The number of likely N-dealkylation sites (tertiary alicyclic amines) is 1. The van der Waals surface area contributed by atoms with Crippen LogP contribution < -0.4 is 5.32 Å². The van der Waals surface area contributed by atoms with E-state index in [2.05, 4.69) is 20.8 Å². The number of nitrogens with zero attached hydrogens (tertiary/aromatic N) is 5. The molecule has 9 heteroatoms. The lowest BCUT2D eigenvalue weighted by atomic mass is 9.71. The summed E-state index contributed by atoms with van der Waals surface area (Å²) >= 11 is 0. The minimum Gasteiger partial charge on any atom is -0.444 e. The summed E-state index contributed by atoms with van der Waals surface area (Å²) in [5.41, 5.74) is -0.564. The Kier molecular flexibility index (Phi) is 6.74. The van der Waals surface area contributed by atoms with Crippen molar-refractivity contribution in [2.24, 2.45) is 5.41 Å². The van der Waals surface area contributed by atoms with Gasteiger partial charge in [0.15, 0.2) is 0 Å². The van der Waals surface area contributed by atoms with Crippen LogP contribution in [0.15, 0.2) is 6.33 Å². The fraction of sp³-hybridized carbons (Fsp3) is 0.850. The lowest BCUT2D eigenvalue weighted by Gasteiger charge is -2.39. The molecule has 1 aliphatic heterocycles. The van der Waals surface area contributed by atoms with Crippen molar-refractivity contribution in [2.75, 3.05) is 13.1 Å². The first-order chi connectivity index (χ1) is 13.7. The van der Waals surface area contributed by atoms with E-state index in [1.807, 2.05) is 25.7 Å². The van der Waals surface area contributed by atoms with Gasteiger partial charge >= 0.3 is 6.09 Å². The van der Waals surface area contributed by atoms with Crippen LogP contribution in [0.2, 0.25) is 0 Å². The van der Waals surface area contributed by atoms with Crippen molar-refractivity contribution in [3.8, 4) is 0 Å². The van der Waals surface area contributed by atoms with Gasteiger partial charge in [0, 0.05) is 25.6 Å². The molecule has 9 nitrogen and oxygen atoms in total. The minimum atomic E-state index is -0.505. The molecule has 29 heavy (non-hydrogen) atoms. The van der Waals surface area contributed by atoms with Crippen molar-refractivity contribution in [3.63, 3.8) is 0 Å². The Labute approximate surface area is 172 Å². The Hall–Kier alpha value is -2.19. The lowest BCUT2D eigenvalue weighted by molar-refractivity contribution is -0.135. The molecule has 2 amide bonds. The zero-order valence-corrected chi connectivity index (χ0v) is 17.9. The molecular weight excluding hydrogens is 372 g/mol. The molecule has 1 saturated carbocycles. The number of alkyl carbamates (subject to hydrolysis) is 1. The van der Waals surface area contributed by atoms with E-state index in [-0.39, 0.29) is 23.5 Å². The van der Waals surface area contributed by atoms with Crippen LogP contribution in [0.5, 0.6) is 0 Å². The third-order valence-electron chi connectivity index (χ3n) is 5.90. The van der Waals surface area contributed by atoms with Gasteiger partial charge in [-0.3, -0.25) is 4.79 Å². The van der Waals surface area contributed by atoms with Crippen molar-refractivity contribution in [3.05, 3.63) is 6.33 Å². The van der Waals surface area contributed by atoms with Gasteiger partial charge in [-0.05, 0) is 62.3 Å². The average Bonchev–Trinajstić information content (AvgIpc) is 3.14. The number of hydrogen-bond donors (Lipinski definition) is 1. The standard InChI is InChI=1S/C20H34N6O3/c1-19(2,3)29-18(28)22-16-7-11-25(12-8-16)17(27)13-20(9-5-4-6-10-20)14-26-15-21-23-24-26/h15-16H,4-14H2,1-3H3,(H,22,28). The van der Waals surface area contributed by atoms with Crippen LogP contribution in [0.3, 0.4) is 0 Å². The quantitative estimate of drug-likeness (QED) is 0.806. The van der Waals surface area contributed by atoms with Gasteiger partial charge in [0.1, 0.15) is 11.9 Å². The highest BCUT2D eigenvalue weighted by atomic mass is 16.6. The number of nitrogens with one attached hydrogen (secondary N) is 1. The monoisotopic (exact) mass is 406 g/mol. The van der Waals surface area contributed by atoms with Crippen LogP contribution in [0.25, 0.3) is 0 Å². The van der Waals surface area contributed by atoms with Crippen LogP contribution in [-0.4, -0.2) is 61.8 Å². The first-order valence-electron chi connectivity index (χ1n) is 10.7. The van der Waals surface area contributed by atoms with E-state index in [9.17, 15) is 9.59 Å². The molecule has 2 heterocycles. The second-order valence-corrected chi connectivity index (χ2v) is 9.55. The maximum absolute atomic E-state index is 13.1. The Balaban J connectivity index is 1.51. The molecule has 1 aromatic rings. The molecule has 0 radical (unpaired) electrons. The normalized spacial score (nSPS) is 20.3. The first kappa shape index (κ1) is 21.5. The predicted octanol–water partition coefficient (Wildman–Crippen LogP) is 2.53. The number of rotatable bonds is 5. The Morgan fingerprint density at radius 3 is 2.45 bits per heavy atom. The van der Waals surface area contributed by atoms with Gasteiger partial charge < -0.3 is 15.0 Å². The summed E-state index contributed by atoms with van der Waals surface area (Å²) in [5.74, 6) is 0.204. The topological polar surface area (TPSA) is 102 Å². The van der Waals surface area contributed by atoms with Gasteiger partial charge in [-0.15, -0.1) is 5.10 Å². The molecular formula is C20H34N6O3. The number of carbonyl (C=O) groups is 2. The van der Waals surface area contributed by atoms with Gasteiger partial charge in [0.25, 0.3) is 0 Å². The number of amides is 2.